The van der Waals surface area contributed by atoms with Gasteiger partial charge in [-0.05, 0) is 35.9 Å². The summed E-state index contributed by atoms with van der Waals surface area (Å²) in [6.45, 7) is 0. The summed E-state index contributed by atoms with van der Waals surface area (Å²) < 4.78 is 0.927. The molecule has 2 aromatic rings. The highest BCUT2D eigenvalue weighted by Gasteiger charge is 2.39. The Balaban J connectivity index is 2.06. The summed E-state index contributed by atoms with van der Waals surface area (Å²) in [5, 5.41) is 0. The molecule has 2 aromatic carbocycles. The van der Waals surface area contributed by atoms with Gasteiger partial charge in [0.15, 0.2) is 11.6 Å². The third-order valence-electron chi connectivity index (χ3n) is 3.78. The van der Waals surface area contributed by atoms with Gasteiger partial charge in [-0.3, -0.25) is 9.59 Å². The maximum absolute atomic E-state index is 12.6. The Bertz CT molecular complexity index is 735. The highest BCUT2D eigenvalue weighted by molar-refractivity contribution is 9.10. The van der Waals surface area contributed by atoms with Crippen LogP contribution in [0, 0.1) is 0 Å². The number of anilines is 1. The zero-order valence-corrected chi connectivity index (χ0v) is 13.3. The second-order valence-corrected chi connectivity index (χ2v) is 6.25. The van der Waals surface area contributed by atoms with E-state index in [2.05, 4.69) is 15.9 Å². The monoisotopic (exact) mass is 343 g/mol. The Hall–Kier alpha value is -1.94. The fraction of sp³-hybridized carbons (Fsp3) is 0.176. The van der Waals surface area contributed by atoms with E-state index in [0.717, 1.165) is 15.7 Å². The lowest BCUT2D eigenvalue weighted by molar-refractivity contribution is 0.0890. The van der Waals surface area contributed by atoms with Crippen LogP contribution in [0.2, 0.25) is 0 Å². The van der Waals surface area contributed by atoms with E-state index < -0.39 is 5.92 Å². The van der Waals surface area contributed by atoms with E-state index in [-0.39, 0.29) is 11.6 Å². The summed E-state index contributed by atoms with van der Waals surface area (Å²) in [7, 11) is 3.82. The number of hydrogen-bond donors (Lipinski definition) is 0. The van der Waals surface area contributed by atoms with Crippen LogP contribution in [0.1, 0.15) is 32.2 Å². The number of hydrogen-bond acceptors (Lipinski definition) is 3. The standard InChI is InChI=1S/C17H14BrNO2/c1-19(2)12-7-8-13-14(9-12)17(21)15(16(13)20)10-3-5-11(18)6-4-10/h3-9,15H,1-2H3. The van der Waals surface area contributed by atoms with Gasteiger partial charge in [0.2, 0.25) is 0 Å². The molecular formula is C17H14BrNO2. The molecule has 106 valence electrons. The van der Waals surface area contributed by atoms with Crippen molar-refractivity contribution in [2.45, 2.75) is 5.92 Å². The number of benzene rings is 2. The lowest BCUT2D eigenvalue weighted by atomic mass is 9.94. The Morgan fingerprint density at radius 1 is 0.905 bits per heavy atom. The van der Waals surface area contributed by atoms with Gasteiger partial charge in [-0.15, -0.1) is 0 Å². The lowest BCUT2D eigenvalue weighted by Gasteiger charge is -2.12. The van der Waals surface area contributed by atoms with Gasteiger partial charge in [0.05, 0.1) is 0 Å². The summed E-state index contributed by atoms with van der Waals surface area (Å²) >= 11 is 3.36. The Labute approximate surface area is 131 Å². The molecule has 0 saturated heterocycles. The first kappa shape index (κ1) is 14.0. The van der Waals surface area contributed by atoms with Crippen LogP contribution in [-0.4, -0.2) is 25.7 Å². The Morgan fingerprint density at radius 2 is 1.52 bits per heavy atom. The maximum Gasteiger partial charge on any atom is 0.178 e. The van der Waals surface area contributed by atoms with Gasteiger partial charge in [0.25, 0.3) is 0 Å². The molecule has 0 amide bonds. The SMILES string of the molecule is CN(C)c1ccc2c(c1)C(=O)C(c1ccc(Br)cc1)C2=O. The van der Waals surface area contributed by atoms with E-state index in [9.17, 15) is 9.59 Å². The van der Waals surface area contributed by atoms with E-state index in [1.54, 1.807) is 12.1 Å². The number of halogens is 1. The average Bonchev–Trinajstić information content (AvgIpc) is 2.72. The van der Waals surface area contributed by atoms with Gasteiger partial charge < -0.3 is 4.90 Å². The van der Waals surface area contributed by atoms with Gasteiger partial charge in [-0.1, -0.05) is 28.1 Å². The van der Waals surface area contributed by atoms with Crippen LogP contribution in [0.25, 0.3) is 0 Å². The highest BCUT2D eigenvalue weighted by Crippen LogP contribution is 2.36. The lowest BCUT2D eigenvalue weighted by Crippen LogP contribution is -2.12. The fourth-order valence-electron chi connectivity index (χ4n) is 2.62. The van der Waals surface area contributed by atoms with Crippen molar-refractivity contribution >= 4 is 33.2 Å². The molecule has 0 aromatic heterocycles. The van der Waals surface area contributed by atoms with Crippen molar-refractivity contribution in [2.75, 3.05) is 19.0 Å². The molecule has 3 rings (SSSR count). The first-order chi connectivity index (χ1) is 9.99. The molecule has 0 radical (unpaired) electrons. The van der Waals surface area contributed by atoms with Crippen LogP contribution in [0.15, 0.2) is 46.9 Å². The zero-order chi connectivity index (χ0) is 15.1. The molecule has 0 bridgehead atoms. The predicted octanol–water partition coefficient (Wildman–Crippen LogP) is 3.68. The van der Waals surface area contributed by atoms with Gasteiger partial charge in [-0.2, -0.15) is 0 Å². The minimum absolute atomic E-state index is 0.109. The molecule has 1 atom stereocenters. The molecule has 0 heterocycles. The predicted molar refractivity (Wildman–Crippen MR) is 86.3 cm³/mol. The molecule has 1 aliphatic rings. The van der Waals surface area contributed by atoms with Crippen molar-refractivity contribution in [3.05, 3.63) is 63.6 Å². The van der Waals surface area contributed by atoms with E-state index in [0.29, 0.717) is 11.1 Å². The van der Waals surface area contributed by atoms with E-state index in [1.807, 2.05) is 49.3 Å². The highest BCUT2D eigenvalue weighted by atomic mass is 79.9. The molecular weight excluding hydrogens is 330 g/mol. The van der Waals surface area contributed by atoms with E-state index in [1.165, 1.54) is 0 Å². The van der Waals surface area contributed by atoms with Crippen molar-refractivity contribution in [3.63, 3.8) is 0 Å². The minimum atomic E-state index is -0.703. The topological polar surface area (TPSA) is 37.4 Å². The average molecular weight is 344 g/mol. The normalized spacial score (nSPS) is 17.0. The number of rotatable bonds is 2. The largest absolute Gasteiger partial charge is 0.378 e. The molecule has 3 nitrogen and oxygen atoms in total. The van der Waals surface area contributed by atoms with Gasteiger partial charge in [0, 0.05) is 35.4 Å². The molecule has 0 spiro atoms. The van der Waals surface area contributed by atoms with Crippen molar-refractivity contribution in [3.8, 4) is 0 Å². The van der Waals surface area contributed by atoms with E-state index in [4.69, 9.17) is 0 Å². The molecule has 0 saturated carbocycles. The Kier molecular flexibility index (Phi) is 3.41. The number of fused-ring (bicyclic) bond motifs is 1. The van der Waals surface area contributed by atoms with Gasteiger partial charge in [0.1, 0.15) is 5.92 Å². The third kappa shape index (κ3) is 2.29. The third-order valence-corrected chi connectivity index (χ3v) is 4.31. The zero-order valence-electron chi connectivity index (χ0n) is 11.8. The van der Waals surface area contributed by atoms with Crippen LogP contribution < -0.4 is 4.90 Å². The van der Waals surface area contributed by atoms with E-state index >= 15 is 0 Å². The summed E-state index contributed by atoms with van der Waals surface area (Å²) in [6, 6.07) is 12.8. The molecule has 1 aliphatic carbocycles. The van der Waals surface area contributed by atoms with Crippen molar-refractivity contribution in [2.24, 2.45) is 0 Å². The van der Waals surface area contributed by atoms with Gasteiger partial charge in [-0.25, -0.2) is 0 Å². The van der Waals surface area contributed by atoms with Crippen molar-refractivity contribution in [1.29, 1.82) is 0 Å². The molecule has 4 heteroatoms. The minimum Gasteiger partial charge on any atom is -0.378 e. The molecule has 21 heavy (non-hydrogen) atoms. The molecule has 1 unspecified atom stereocenters. The molecule has 0 fully saturated rings. The quantitative estimate of drug-likeness (QED) is 0.780. The number of ketones is 2. The van der Waals surface area contributed by atoms with Crippen molar-refractivity contribution in [1.82, 2.24) is 0 Å². The number of carbonyl (C=O) groups is 2. The van der Waals surface area contributed by atoms with Crippen LogP contribution >= 0.6 is 15.9 Å². The molecule has 0 N–H and O–H groups in total. The fourth-order valence-corrected chi connectivity index (χ4v) is 2.88. The number of Topliss-reactive ketones (excluding diaryl/α,β-unsaturated/α-hetero) is 2. The Morgan fingerprint density at radius 3 is 2.14 bits per heavy atom. The van der Waals surface area contributed by atoms with Crippen LogP contribution in [-0.2, 0) is 0 Å². The van der Waals surface area contributed by atoms with Crippen LogP contribution in [0.4, 0.5) is 5.69 Å². The maximum atomic E-state index is 12.6. The van der Waals surface area contributed by atoms with Crippen molar-refractivity contribution < 1.29 is 9.59 Å². The molecule has 0 aliphatic heterocycles. The summed E-state index contributed by atoms with van der Waals surface area (Å²) in [4.78, 5) is 27.1. The second kappa shape index (κ2) is 5.11. The van der Waals surface area contributed by atoms with Crippen LogP contribution in [0.3, 0.4) is 0 Å². The summed E-state index contributed by atoms with van der Waals surface area (Å²) in [5.74, 6) is -0.922. The number of carbonyl (C=O) groups excluding carboxylic acids is 2. The second-order valence-electron chi connectivity index (χ2n) is 5.34. The summed E-state index contributed by atoms with van der Waals surface area (Å²) in [5.41, 5.74) is 2.72. The van der Waals surface area contributed by atoms with Gasteiger partial charge >= 0.3 is 0 Å². The number of nitrogens with zero attached hydrogens (tertiary/aromatic N) is 1. The first-order valence-corrected chi connectivity index (χ1v) is 7.43. The summed E-state index contributed by atoms with van der Waals surface area (Å²) in [6.07, 6.45) is 0. The first-order valence-electron chi connectivity index (χ1n) is 6.64. The van der Waals surface area contributed by atoms with Crippen LogP contribution in [0.5, 0.6) is 0 Å². The smallest absolute Gasteiger partial charge is 0.178 e.